The summed E-state index contributed by atoms with van der Waals surface area (Å²) in [5, 5.41) is 7.06. The Bertz CT molecular complexity index is 1470. The summed E-state index contributed by atoms with van der Waals surface area (Å²) < 4.78 is 7.17. The highest BCUT2D eigenvalue weighted by molar-refractivity contribution is 7.80. The number of hydrogen-bond donors (Lipinski definition) is 2. The molecule has 2 N–H and O–H groups in total. The van der Waals surface area contributed by atoms with Gasteiger partial charge in [0.2, 0.25) is 5.91 Å². The molecule has 0 radical (unpaired) electrons. The first-order valence-electron chi connectivity index (χ1n) is 12.4. The number of amides is 1. The maximum atomic E-state index is 12.1. The Hall–Kier alpha value is -4.08. The standard InChI is InChI=1S/C29H30N6O2S/c1-18-14-21(10-11-24(18)32-26(36)17-37-4)35-28(27(33-29(35)38)25-9-5-6-13-31-25)23-15-19(2)34(20(23)3)22-8-7-12-30-16-22/h5-16,27-28H,17H2,1-4H3,(H,32,36)(H,33,38)/t27-,28-/m0/s1. The van der Waals surface area contributed by atoms with Crippen molar-refractivity contribution in [1.82, 2.24) is 19.9 Å². The van der Waals surface area contributed by atoms with Crippen molar-refractivity contribution in [3.63, 3.8) is 0 Å². The van der Waals surface area contributed by atoms with Gasteiger partial charge in [-0.2, -0.15) is 0 Å². The number of ether oxygens (including phenoxy) is 1. The monoisotopic (exact) mass is 526 g/mol. The average molecular weight is 527 g/mol. The van der Waals surface area contributed by atoms with E-state index in [0.29, 0.717) is 5.11 Å². The number of methoxy groups -OCH3 is 1. The molecule has 4 heterocycles. The molecule has 1 fully saturated rings. The third-order valence-corrected chi connectivity index (χ3v) is 7.14. The third-order valence-electron chi connectivity index (χ3n) is 6.83. The van der Waals surface area contributed by atoms with Crippen LogP contribution >= 0.6 is 12.2 Å². The zero-order chi connectivity index (χ0) is 26.8. The molecule has 4 aromatic rings. The van der Waals surface area contributed by atoms with Gasteiger partial charge in [-0.3, -0.25) is 14.8 Å². The molecule has 0 unspecified atom stereocenters. The fourth-order valence-electron chi connectivity index (χ4n) is 5.17. The number of nitrogens with one attached hydrogen (secondary N) is 2. The van der Waals surface area contributed by atoms with Gasteiger partial charge in [-0.1, -0.05) is 6.07 Å². The minimum atomic E-state index is -0.197. The Morgan fingerprint density at radius 3 is 2.61 bits per heavy atom. The van der Waals surface area contributed by atoms with Crippen LogP contribution in [0.25, 0.3) is 5.69 Å². The molecule has 1 saturated heterocycles. The van der Waals surface area contributed by atoms with E-state index in [1.807, 2.05) is 55.6 Å². The van der Waals surface area contributed by atoms with Gasteiger partial charge in [0.15, 0.2) is 5.11 Å². The molecule has 194 valence electrons. The van der Waals surface area contributed by atoms with E-state index in [4.69, 9.17) is 17.0 Å². The lowest BCUT2D eigenvalue weighted by atomic mass is 9.96. The number of benzene rings is 1. The summed E-state index contributed by atoms with van der Waals surface area (Å²) in [4.78, 5) is 23.2. The molecule has 0 saturated carbocycles. The van der Waals surface area contributed by atoms with Crippen molar-refractivity contribution in [3.05, 3.63) is 101 Å². The van der Waals surface area contributed by atoms with Crippen LogP contribution in [0, 0.1) is 20.8 Å². The van der Waals surface area contributed by atoms with Gasteiger partial charge < -0.3 is 24.8 Å². The van der Waals surface area contributed by atoms with Gasteiger partial charge >= 0.3 is 0 Å². The molecule has 1 aliphatic heterocycles. The van der Waals surface area contributed by atoms with Gasteiger partial charge in [-0.05, 0) is 92.6 Å². The van der Waals surface area contributed by atoms with Crippen LogP contribution in [0.15, 0.2) is 73.2 Å². The van der Waals surface area contributed by atoms with Crippen molar-refractivity contribution in [2.45, 2.75) is 32.9 Å². The van der Waals surface area contributed by atoms with E-state index < -0.39 is 0 Å². The molecule has 1 amide bonds. The summed E-state index contributed by atoms with van der Waals surface area (Å²) in [5.74, 6) is -0.197. The average Bonchev–Trinajstić information content (AvgIpc) is 3.41. The molecule has 5 rings (SSSR count). The molecular weight excluding hydrogens is 496 g/mol. The molecule has 0 spiro atoms. The smallest absolute Gasteiger partial charge is 0.250 e. The molecular formula is C29H30N6O2S. The van der Waals surface area contributed by atoms with Crippen LogP contribution in [0.3, 0.4) is 0 Å². The second-order valence-corrected chi connectivity index (χ2v) is 9.74. The Kier molecular flexibility index (Phi) is 7.22. The van der Waals surface area contributed by atoms with E-state index in [2.05, 4.69) is 56.0 Å². The zero-order valence-electron chi connectivity index (χ0n) is 21.8. The topological polar surface area (TPSA) is 84.3 Å². The third kappa shape index (κ3) is 4.78. The first-order chi connectivity index (χ1) is 18.4. The number of nitrogens with zero attached hydrogens (tertiary/aromatic N) is 4. The van der Waals surface area contributed by atoms with E-state index >= 15 is 0 Å². The van der Waals surface area contributed by atoms with Gasteiger partial charge in [0, 0.05) is 42.3 Å². The van der Waals surface area contributed by atoms with Crippen molar-refractivity contribution < 1.29 is 9.53 Å². The normalized spacial score (nSPS) is 16.9. The van der Waals surface area contributed by atoms with E-state index in [-0.39, 0.29) is 24.6 Å². The molecule has 38 heavy (non-hydrogen) atoms. The number of pyridine rings is 2. The van der Waals surface area contributed by atoms with Crippen molar-refractivity contribution >= 4 is 34.6 Å². The predicted octanol–water partition coefficient (Wildman–Crippen LogP) is 4.95. The van der Waals surface area contributed by atoms with Crippen molar-refractivity contribution in [3.8, 4) is 5.69 Å². The van der Waals surface area contributed by atoms with E-state index in [1.54, 1.807) is 12.4 Å². The highest BCUT2D eigenvalue weighted by Gasteiger charge is 2.42. The highest BCUT2D eigenvalue weighted by Crippen LogP contribution is 2.44. The van der Waals surface area contributed by atoms with Gasteiger partial charge in [0.1, 0.15) is 6.61 Å². The van der Waals surface area contributed by atoms with E-state index in [0.717, 1.165) is 45.3 Å². The van der Waals surface area contributed by atoms with Crippen LogP contribution in [0.1, 0.15) is 40.3 Å². The summed E-state index contributed by atoms with van der Waals surface area (Å²) in [6.07, 6.45) is 5.45. The van der Waals surface area contributed by atoms with E-state index in [9.17, 15) is 4.79 Å². The SMILES string of the molecule is COCC(=O)Nc1ccc(N2C(=S)N[C@@H](c3ccccn3)[C@@H]2c2cc(C)n(-c3cccnc3)c2C)cc1C. The fourth-order valence-corrected chi connectivity index (χ4v) is 5.52. The van der Waals surface area contributed by atoms with Crippen LogP contribution < -0.4 is 15.5 Å². The predicted molar refractivity (Wildman–Crippen MR) is 153 cm³/mol. The summed E-state index contributed by atoms with van der Waals surface area (Å²) in [6, 6.07) is 17.8. The van der Waals surface area contributed by atoms with Crippen LogP contribution in [-0.2, 0) is 9.53 Å². The maximum Gasteiger partial charge on any atom is 0.250 e. The first-order valence-corrected chi connectivity index (χ1v) is 12.8. The summed E-state index contributed by atoms with van der Waals surface area (Å²) >= 11 is 5.92. The van der Waals surface area contributed by atoms with Crippen LogP contribution in [-0.4, -0.2) is 39.3 Å². The molecule has 1 aliphatic rings. The Balaban J connectivity index is 1.60. The van der Waals surface area contributed by atoms with E-state index in [1.165, 1.54) is 7.11 Å². The van der Waals surface area contributed by atoms with Gasteiger partial charge in [-0.15, -0.1) is 0 Å². The summed E-state index contributed by atoms with van der Waals surface area (Å²) in [5.41, 5.74) is 7.87. The number of hydrogen-bond acceptors (Lipinski definition) is 5. The second-order valence-electron chi connectivity index (χ2n) is 9.35. The number of carbonyl (C=O) groups is 1. The minimum Gasteiger partial charge on any atom is -0.375 e. The number of carbonyl (C=O) groups excluding carboxylic acids is 1. The summed E-state index contributed by atoms with van der Waals surface area (Å²) in [7, 11) is 1.50. The molecule has 9 heteroatoms. The zero-order valence-corrected chi connectivity index (χ0v) is 22.6. The van der Waals surface area contributed by atoms with Crippen LogP contribution in [0.5, 0.6) is 0 Å². The second kappa shape index (κ2) is 10.7. The Morgan fingerprint density at radius 1 is 1.08 bits per heavy atom. The van der Waals surface area contributed by atoms with Gasteiger partial charge in [-0.25, -0.2) is 0 Å². The van der Waals surface area contributed by atoms with Gasteiger partial charge in [0.05, 0.1) is 29.7 Å². The fraction of sp³-hybridized carbons (Fsp3) is 0.241. The van der Waals surface area contributed by atoms with Crippen molar-refractivity contribution in [1.29, 1.82) is 0 Å². The van der Waals surface area contributed by atoms with Gasteiger partial charge in [0.25, 0.3) is 0 Å². The highest BCUT2D eigenvalue weighted by atomic mass is 32.1. The molecule has 1 aromatic carbocycles. The lowest BCUT2D eigenvalue weighted by Crippen LogP contribution is -2.29. The Morgan fingerprint density at radius 2 is 1.92 bits per heavy atom. The summed E-state index contributed by atoms with van der Waals surface area (Å²) in [6.45, 7) is 6.20. The lowest BCUT2D eigenvalue weighted by molar-refractivity contribution is -0.119. The number of anilines is 2. The number of rotatable bonds is 7. The molecule has 3 aromatic heterocycles. The number of aromatic nitrogens is 3. The minimum absolute atomic E-state index is 0.00169. The van der Waals surface area contributed by atoms with Crippen LogP contribution in [0.2, 0.25) is 0 Å². The Labute approximate surface area is 227 Å². The van der Waals surface area contributed by atoms with Crippen molar-refractivity contribution in [2.24, 2.45) is 0 Å². The molecule has 0 bridgehead atoms. The van der Waals surface area contributed by atoms with Crippen LogP contribution in [0.4, 0.5) is 11.4 Å². The number of thiocarbonyl (C=S) groups is 1. The largest absolute Gasteiger partial charge is 0.375 e. The first kappa shape index (κ1) is 25.6. The maximum absolute atomic E-state index is 12.1. The van der Waals surface area contributed by atoms with Crippen molar-refractivity contribution in [2.75, 3.05) is 23.9 Å². The quantitative estimate of drug-likeness (QED) is 0.330. The molecule has 0 aliphatic carbocycles. The molecule has 8 nitrogen and oxygen atoms in total. The molecule has 2 atom stereocenters. The lowest BCUT2D eigenvalue weighted by Gasteiger charge is -2.29. The number of aryl methyl sites for hydroxylation is 2.